The van der Waals surface area contributed by atoms with Gasteiger partial charge in [-0.3, -0.25) is 9.89 Å². The first-order chi connectivity index (χ1) is 16.8. The van der Waals surface area contributed by atoms with Crippen molar-refractivity contribution >= 4 is 23.9 Å². The third-order valence-corrected chi connectivity index (χ3v) is 4.65. The highest BCUT2D eigenvalue weighted by Gasteiger charge is 2.23. The third-order valence-electron chi connectivity index (χ3n) is 4.65. The minimum atomic E-state index is -1.02. The van der Waals surface area contributed by atoms with Crippen molar-refractivity contribution in [1.82, 2.24) is 10.2 Å². The van der Waals surface area contributed by atoms with Gasteiger partial charge in [0.05, 0.1) is 19.8 Å². The molecule has 0 aliphatic carbocycles. The van der Waals surface area contributed by atoms with Gasteiger partial charge in [-0.2, -0.15) is 5.10 Å². The van der Waals surface area contributed by atoms with E-state index in [9.17, 15) is 18.8 Å². The summed E-state index contributed by atoms with van der Waals surface area (Å²) in [5, 5.41) is 6.66. The van der Waals surface area contributed by atoms with Crippen molar-refractivity contribution in [2.75, 3.05) is 33.2 Å². The number of anilines is 1. The number of ketones is 1. The second-order valence-electron chi connectivity index (χ2n) is 6.99. The number of H-pyrrole nitrogens is 1. The van der Waals surface area contributed by atoms with Gasteiger partial charge in [-0.1, -0.05) is 12.1 Å². The number of ether oxygens (including phenoxy) is 5. The highest BCUT2D eigenvalue weighted by molar-refractivity contribution is 6.15. The molecule has 3 aromatic rings. The Morgan fingerprint density at radius 3 is 2.43 bits per heavy atom. The zero-order valence-electron chi connectivity index (χ0n) is 18.8. The van der Waals surface area contributed by atoms with Crippen LogP contribution in [0.25, 0.3) is 11.3 Å². The van der Waals surface area contributed by atoms with Gasteiger partial charge < -0.3 is 29.4 Å². The highest BCUT2D eigenvalue weighted by atomic mass is 19.1. The Morgan fingerprint density at radius 2 is 1.74 bits per heavy atom. The molecule has 0 amide bonds. The average Bonchev–Trinajstić information content (AvgIpc) is 3.26. The number of aromatic amines is 1. The lowest BCUT2D eigenvalue weighted by atomic mass is 9.99. The number of nitrogens with two attached hydrogens (primary N) is 1. The van der Waals surface area contributed by atoms with E-state index in [4.69, 9.17) is 19.9 Å². The Kier molecular flexibility index (Phi) is 8.22. The molecule has 3 N–H and O–H groups in total. The van der Waals surface area contributed by atoms with E-state index in [0.29, 0.717) is 5.56 Å². The predicted molar refractivity (Wildman–Crippen MR) is 119 cm³/mol. The monoisotopic (exact) mass is 487 g/mol. The molecule has 0 aliphatic heterocycles. The summed E-state index contributed by atoms with van der Waals surface area (Å²) in [5.41, 5.74) is 7.08. The molecule has 1 aromatic heterocycles. The van der Waals surface area contributed by atoms with Crippen LogP contribution >= 0.6 is 0 Å². The molecule has 0 bridgehead atoms. The SMILES string of the molecule is COC(=O)OC[C@H](COc1cccc(C(=O)c2c(-c3ccc(F)cc3)n[nH]c2N)c1)OC(=O)OC. The lowest BCUT2D eigenvalue weighted by molar-refractivity contribution is -0.0218. The summed E-state index contributed by atoms with van der Waals surface area (Å²) in [6.07, 6.45) is -2.99. The van der Waals surface area contributed by atoms with Crippen LogP contribution in [-0.4, -0.2) is 61.8 Å². The van der Waals surface area contributed by atoms with Crippen LogP contribution < -0.4 is 10.5 Å². The van der Waals surface area contributed by atoms with Gasteiger partial charge in [0.15, 0.2) is 11.9 Å². The summed E-state index contributed by atoms with van der Waals surface area (Å²) in [6.45, 7) is -0.578. The minimum Gasteiger partial charge on any atom is -0.490 e. The number of nitrogen functional groups attached to an aromatic ring is 1. The van der Waals surface area contributed by atoms with Crippen molar-refractivity contribution in [2.24, 2.45) is 0 Å². The van der Waals surface area contributed by atoms with E-state index in [-0.39, 0.29) is 41.6 Å². The molecule has 12 heteroatoms. The molecular formula is C23H22FN3O8. The van der Waals surface area contributed by atoms with E-state index in [0.717, 1.165) is 14.2 Å². The molecule has 0 unspecified atom stereocenters. The van der Waals surface area contributed by atoms with Crippen molar-refractivity contribution in [3.05, 3.63) is 65.5 Å². The summed E-state index contributed by atoms with van der Waals surface area (Å²) < 4.78 is 37.6. The number of aromatic nitrogens is 2. The second kappa shape index (κ2) is 11.5. The minimum absolute atomic E-state index is 0.0483. The van der Waals surface area contributed by atoms with Crippen LogP contribution in [0.3, 0.4) is 0 Å². The number of hydrogen-bond acceptors (Lipinski definition) is 10. The summed E-state index contributed by atoms with van der Waals surface area (Å²) in [7, 11) is 2.25. The standard InChI is InChI=1S/C23H22FN3O8/c1-31-22(29)34-12-17(35-23(30)32-2)11-33-16-5-3-4-14(10-16)20(28)18-19(26-27-21(18)25)13-6-8-15(24)9-7-13/h3-10,17H,11-12H2,1-2H3,(H3,25,26,27)/t17-/m0/s1. The topological polar surface area (TPSA) is 152 Å². The van der Waals surface area contributed by atoms with E-state index in [1.54, 1.807) is 18.2 Å². The molecule has 35 heavy (non-hydrogen) atoms. The van der Waals surface area contributed by atoms with E-state index < -0.39 is 30.0 Å². The molecule has 3 rings (SSSR count). The number of rotatable bonds is 9. The molecule has 11 nitrogen and oxygen atoms in total. The molecule has 0 aliphatic rings. The number of benzene rings is 2. The molecule has 0 spiro atoms. The van der Waals surface area contributed by atoms with E-state index in [1.165, 1.54) is 30.3 Å². The molecule has 1 atom stereocenters. The number of carbonyl (C=O) groups is 3. The Balaban J connectivity index is 1.77. The van der Waals surface area contributed by atoms with Gasteiger partial charge in [-0.15, -0.1) is 0 Å². The molecular weight excluding hydrogens is 465 g/mol. The lowest BCUT2D eigenvalue weighted by Crippen LogP contribution is -2.31. The largest absolute Gasteiger partial charge is 0.508 e. The summed E-state index contributed by atoms with van der Waals surface area (Å²) >= 11 is 0. The first-order valence-corrected chi connectivity index (χ1v) is 10.1. The molecule has 1 heterocycles. The van der Waals surface area contributed by atoms with E-state index in [1.807, 2.05) is 0 Å². The molecule has 184 valence electrons. The number of halogens is 1. The van der Waals surface area contributed by atoms with Crippen LogP contribution in [0.4, 0.5) is 19.8 Å². The van der Waals surface area contributed by atoms with Crippen molar-refractivity contribution < 1.29 is 42.5 Å². The predicted octanol–water partition coefficient (Wildman–Crippen LogP) is 3.34. The second-order valence-corrected chi connectivity index (χ2v) is 6.99. The normalized spacial score (nSPS) is 11.3. The lowest BCUT2D eigenvalue weighted by Gasteiger charge is -2.17. The maximum atomic E-state index is 13.3. The Hall–Kier alpha value is -4.61. The number of nitrogens with one attached hydrogen (secondary N) is 1. The summed E-state index contributed by atoms with van der Waals surface area (Å²) in [5.74, 6) is -0.566. The highest BCUT2D eigenvalue weighted by Crippen LogP contribution is 2.28. The van der Waals surface area contributed by atoms with Gasteiger partial charge in [-0.05, 0) is 36.4 Å². The maximum absolute atomic E-state index is 13.3. The Morgan fingerprint density at radius 1 is 1.03 bits per heavy atom. The molecule has 0 saturated heterocycles. The number of methoxy groups -OCH3 is 2. The number of nitrogens with zero attached hydrogens (tertiary/aromatic N) is 1. The molecule has 0 radical (unpaired) electrons. The van der Waals surface area contributed by atoms with Gasteiger partial charge in [0.25, 0.3) is 0 Å². The van der Waals surface area contributed by atoms with Gasteiger partial charge in [0.2, 0.25) is 0 Å². The van der Waals surface area contributed by atoms with E-state index >= 15 is 0 Å². The van der Waals surface area contributed by atoms with Crippen LogP contribution in [0, 0.1) is 5.82 Å². The molecule has 0 fully saturated rings. The fourth-order valence-corrected chi connectivity index (χ4v) is 2.98. The van der Waals surface area contributed by atoms with Crippen molar-refractivity contribution in [1.29, 1.82) is 0 Å². The van der Waals surface area contributed by atoms with Gasteiger partial charge in [0.1, 0.15) is 36.3 Å². The Labute approximate surface area is 198 Å². The van der Waals surface area contributed by atoms with Crippen molar-refractivity contribution in [2.45, 2.75) is 6.10 Å². The quantitative estimate of drug-likeness (QED) is 0.339. The van der Waals surface area contributed by atoms with Gasteiger partial charge >= 0.3 is 12.3 Å². The van der Waals surface area contributed by atoms with Crippen LogP contribution in [0.1, 0.15) is 15.9 Å². The van der Waals surface area contributed by atoms with Crippen LogP contribution in [-0.2, 0) is 18.9 Å². The summed E-state index contributed by atoms with van der Waals surface area (Å²) in [4.78, 5) is 35.9. The number of carbonyl (C=O) groups excluding carboxylic acids is 3. The van der Waals surface area contributed by atoms with E-state index in [2.05, 4.69) is 19.7 Å². The van der Waals surface area contributed by atoms with Crippen molar-refractivity contribution in [3.8, 4) is 17.0 Å². The molecule has 0 saturated carbocycles. The van der Waals surface area contributed by atoms with Crippen LogP contribution in [0.2, 0.25) is 0 Å². The first-order valence-electron chi connectivity index (χ1n) is 10.1. The van der Waals surface area contributed by atoms with Crippen LogP contribution in [0.15, 0.2) is 48.5 Å². The smallest absolute Gasteiger partial charge is 0.490 e. The van der Waals surface area contributed by atoms with Crippen molar-refractivity contribution in [3.63, 3.8) is 0 Å². The number of hydrogen-bond donors (Lipinski definition) is 2. The molecule has 2 aromatic carbocycles. The fourth-order valence-electron chi connectivity index (χ4n) is 2.98. The first kappa shape index (κ1) is 25.0. The maximum Gasteiger partial charge on any atom is 0.508 e. The summed E-state index contributed by atoms with van der Waals surface area (Å²) in [6, 6.07) is 11.6. The zero-order chi connectivity index (χ0) is 25.4. The Bertz CT molecular complexity index is 1200. The average molecular weight is 487 g/mol. The van der Waals surface area contributed by atoms with Crippen LogP contribution in [0.5, 0.6) is 5.75 Å². The van der Waals surface area contributed by atoms with Gasteiger partial charge in [-0.25, -0.2) is 14.0 Å². The zero-order valence-corrected chi connectivity index (χ0v) is 18.8. The fraction of sp³-hybridized carbons (Fsp3) is 0.217. The van der Waals surface area contributed by atoms with Gasteiger partial charge in [0, 0.05) is 11.1 Å². The third kappa shape index (κ3) is 6.47.